The lowest BCUT2D eigenvalue weighted by molar-refractivity contribution is 0.283. The van der Waals surface area contributed by atoms with E-state index in [4.69, 9.17) is 16.3 Å². The third kappa shape index (κ3) is 2.48. The molecule has 0 atom stereocenters. The first-order valence-corrected chi connectivity index (χ1v) is 7.05. The number of aromatic nitrogens is 4. The Morgan fingerprint density at radius 1 is 1.40 bits per heavy atom. The van der Waals surface area contributed by atoms with Crippen molar-refractivity contribution in [2.75, 3.05) is 0 Å². The SMILES string of the molecule is Cc1c(Cl)nc2ncnn2c1OCc1cccc(Br)c1. The summed E-state index contributed by atoms with van der Waals surface area (Å²) in [5.41, 5.74) is 1.78. The highest BCUT2D eigenvalue weighted by molar-refractivity contribution is 9.10. The highest BCUT2D eigenvalue weighted by Gasteiger charge is 2.13. The number of rotatable bonds is 3. The largest absolute Gasteiger partial charge is 0.472 e. The van der Waals surface area contributed by atoms with Crippen LogP contribution in [0.5, 0.6) is 5.88 Å². The summed E-state index contributed by atoms with van der Waals surface area (Å²) in [5.74, 6) is 0.974. The lowest BCUT2D eigenvalue weighted by atomic mass is 10.2. The number of nitrogens with zero attached hydrogens (tertiary/aromatic N) is 4. The summed E-state index contributed by atoms with van der Waals surface area (Å²) in [7, 11) is 0. The van der Waals surface area contributed by atoms with Crippen LogP contribution in [0.25, 0.3) is 5.78 Å². The minimum Gasteiger partial charge on any atom is -0.472 e. The topological polar surface area (TPSA) is 52.3 Å². The molecule has 3 rings (SSSR count). The van der Waals surface area contributed by atoms with Crippen LogP contribution in [-0.4, -0.2) is 19.6 Å². The molecule has 0 aliphatic rings. The minimum atomic E-state index is 0.370. The number of benzene rings is 1. The fourth-order valence-electron chi connectivity index (χ4n) is 1.82. The first-order valence-electron chi connectivity index (χ1n) is 5.88. The molecule has 7 heteroatoms. The zero-order valence-corrected chi connectivity index (χ0v) is 12.9. The molecule has 0 saturated carbocycles. The lowest BCUT2D eigenvalue weighted by Gasteiger charge is -2.11. The van der Waals surface area contributed by atoms with Gasteiger partial charge < -0.3 is 4.74 Å². The van der Waals surface area contributed by atoms with Crippen molar-refractivity contribution in [1.82, 2.24) is 19.6 Å². The molecule has 0 spiro atoms. The zero-order valence-electron chi connectivity index (χ0n) is 10.5. The Labute approximate surface area is 128 Å². The molecule has 0 saturated heterocycles. The smallest absolute Gasteiger partial charge is 0.256 e. The fraction of sp³-hybridized carbons (Fsp3) is 0.154. The van der Waals surface area contributed by atoms with Crippen molar-refractivity contribution in [2.45, 2.75) is 13.5 Å². The molecule has 2 aromatic heterocycles. The second kappa shape index (κ2) is 5.38. The van der Waals surface area contributed by atoms with Crippen molar-refractivity contribution < 1.29 is 4.74 Å². The maximum Gasteiger partial charge on any atom is 0.256 e. The van der Waals surface area contributed by atoms with Gasteiger partial charge in [-0.2, -0.15) is 19.6 Å². The Hall–Kier alpha value is -1.66. The number of ether oxygens (including phenoxy) is 1. The van der Waals surface area contributed by atoms with Crippen LogP contribution in [0.3, 0.4) is 0 Å². The quantitative estimate of drug-likeness (QED) is 0.677. The summed E-state index contributed by atoms with van der Waals surface area (Å²) in [6, 6.07) is 7.91. The molecule has 5 nitrogen and oxygen atoms in total. The predicted molar refractivity (Wildman–Crippen MR) is 79.0 cm³/mol. The van der Waals surface area contributed by atoms with Gasteiger partial charge in [0.2, 0.25) is 5.88 Å². The average Bonchev–Trinajstić information content (AvgIpc) is 2.87. The second-order valence-electron chi connectivity index (χ2n) is 4.22. The molecule has 0 aliphatic heterocycles. The zero-order chi connectivity index (χ0) is 14.1. The maximum absolute atomic E-state index is 6.08. The van der Waals surface area contributed by atoms with E-state index in [1.165, 1.54) is 6.33 Å². The van der Waals surface area contributed by atoms with E-state index < -0.39 is 0 Å². The van der Waals surface area contributed by atoms with Crippen LogP contribution in [-0.2, 0) is 6.61 Å². The van der Waals surface area contributed by atoms with Gasteiger partial charge in [0.05, 0.1) is 0 Å². The van der Waals surface area contributed by atoms with Crippen molar-refractivity contribution in [3.8, 4) is 5.88 Å². The van der Waals surface area contributed by atoms with Crippen LogP contribution >= 0.6 is 27.5 Å². The number of hydrogen-bond acceptors (Lipinski definition) is 4. The molecule has 1 aromatic carbocycles. The molecule has 0 unspecified atom stereocenters. The van der Waals surface area contributed by atoms with E-state index in [1.54, 1.807) is 4.52 Å². The molecule has 0 aliphatic carbocycles. The van der Waals surface area contributed by atoms with E-state index in [9.17, 15) is 0 Å². The molecule has 0 bridgehead atoms. The summed E-state index contributed by atoms with van der Waals surface area (Å²) in [6.45, 7) is 2.25. The van der Waals surface area contributed by atoms with E-state index >= 15 is 0 Å². The molecule has 0 radical (unpaired) electrons. The van der Waals surface area contributed by atoms with Gasteiger partial charge in [-0.25, -0.2) is 0 Å². The highest BCUT2D eigenvalue weighted by atomic mass is 79.9. The summed E-state index contributed by atoms with van der Waals surface area (Å²) in [5, 5.41) is 4.47. The van der Waals surface area contributed by atoms with Crippen molar-refractivity contribution in [1.29, 1.82) is 0 Å². The monoisotopic (exact) mass is 352 g/mol. The Balaban J connectivity index is 1.94. The number of hydrogen-bond donors (Lipinski definition) is 0. The average molecular weight is 354 g/mol. The van der Waals surface area contributed by atoms with Gasteiger partial charge in [-0.15, -0.1) is 0 Å². The molecular formula is C13H10BrClN4O. The molecule has 0 N–H and O–H groups in total. The Bertz CT molecular complexity index is 774. The van der Waals surface area contributed by atoms with Gasteiger partial charge in [0.15, 0.2) is 0 Å². The van der Waals surface area contributed by atoms with Crippen LogP contribution in [0.15, 0.2) is 35.1 Å². The summed E-state index contributed by atoms with van der Waals surface area (Å²) in [4.78, 5) is 8.15. The first kappa shape index (κ1) is 13.3. The Kier molecular flexibility index (Phi) is 3.58. The van der Waals surface area contributed by atoms with Gasteiger partial charge in [0.1, 0.15) is 18.1 Å². The van der Waals surface area contributed by atoms with Gasteiger partial charge in [-0.3, -0.25) is 0 Å². The van der Waals surface area contributed by atoms with Crippen molar-refractivity contribution in [3.63, 3.8) is 0 Å². The first-order chi connectivity index (χ1) is 9.65. The molecule has 20 heavy (non-hydrogen) atoms. The third-order valence-corrected chi connectivity index (χ3v) is 3.68. The normalized spacial score (nSPS) is 10.9. The molecule has 0 fully saturated rings. The van der Waals surface area contributed by atoms with E-state index in [-0.39, 0.29) is 0 Å². The van der Waals surface area contributed by atoms with Gasteiger partial charge in [0, 0.05) is 10.0 Å². The van der Waals surface area contributed by atoms with Crippen molar-refractivity contribution in [2.24, 2.45) is 0 Å². The lowest BCUT2D eigenvalue weighted by Crippen LogP contribution is -2.05. The molecular weight excluding hydrogens is 344 g/mol. The summed E-state index contributed by atoms with van der Waals surface area (Å²) < 4.78 is 8.39. The van der Waals surface area contributed by atoms with E-state index in [0.717, 1.165) is 15.6 Å². The number of fused-ring (bicyclic) bond motifs is 1. The summed E-state index contributed by atoms with van der Waals surface area (Å²) >= 11 is 9.51. The summed E-state index contributed by atoms with van der Waals surface area (Å²) in [6.07, 6.45) is 1.42. The van der Waals surface area contributed by atoms with E-state index in [0.29, 0.717) is 23.4 Å². The van der Waals surface area contributed by atoms with Gasteiger partial charge >= 0.3 is 0 Å². The van der Waals surface area contributed by atoms with Gasteiger partial charge in [-0.1, -0.05) is 39.7 Å². The van der Waals surface area contributed by atoms with Crippen LogP contribution in [0.1, 0.15) is 11.1 Å². The second-order valence-corrected chi connectivity index (χ2v) is 5.50. The standard InChI is InChI=1S/C13H10BrClN4O/c1-8-11(15)18-13-16-7-17-19(13)12(8)20-6-9-3-2-4-10(14)5-9/h2-5,7H,6H2,1H3. The van der Waals surface area contributed by atoms with Gasteiger partial charge in [0.25, 0.3) is 5.78 Å². The van der Waals surface area contributed by atoms with Crippen LogP contribution in [0.2, 0.25) is 5.15 Å². The van der Waals surface area contributed by atoms with Crippen LogP contribution < -0.4 is 4.74 Å². The maximum atomic E-state index is 6.08. The minimum absolute atomic E-state index is 0.370. The van der Waals surface area contributed by atoms with Crippen molar-refractivity contribution in [3.05, 3.63) is 51.3 Å². The van der Waals surface area contributed by atoms with E-state index in [1.807, 2.05) is 31.2 Å². The molecule has 102 valence electrons. The third-order valence-electron chi connectivity index (χ3n) is 2.82. The molecule has 2 heterocycles. The van der Waals surface area contributed by atoms with Gasteiger partial charge in [-0.05, 0) is 24.6 Å². The van der Waals surface area contributed by atoms with Crippen LogP contribution in [0, 0.1) is 6.92 Å². The van der Waals surface area contributed by atoms with E-state index in [2.05, 4.69) is 31.0 Å². The predicted octanol–water partition coefficient (Wildman–Crippen LogP) is 3.43. The fourth-order valence-corrected chi connectivity index (χ4v) is 2.42. The number of halogens is 2. The molecule has 0 amide bonds. The van der Waals surface area contributed by atoms with Crippen molar-refractivity contribution >= 4 is 33.3 Å². The molecule has 3 aromatic rings. The highest BCUT2D eigenvalue weighted by Crippen LogP contribution is 2.25. The Morgan fingerprint density at radius 2 is 2.25 bits per heavy atom. The van der Waals surface area contributed by atoms with Crippen LogP contribution in [0.4, 0.5) is 0 Å². The Morgan fingerprint density at radius 3 is 3.05 bits per heavy atom.